The molecule has 1 saturated heterocycles. The molecule has 0 N–H and O–H groups in total. The standard InChI is InChI=1S/C17H20N6S/c1-2-5-15(6-3-1)22-10-8-21(9-11-22)14-17-18-19-20-23(17)13-16-7-4-12-24-16/h1-7,12H,8-11,13-14H2. The highest BCUT2D eigenvalue weighted by atomic mass is 32.1. The molecule has 1 aliphatic heterocycles. The van der Waals surface area contributed by atoms with Gasteiger partial charge in [0.1, 0.15) is 0 Å². The number of benzene rings is 1. The van der Waals surface area contributed by atoms with E-state index in [4.69, 9.17) is 0 Å². The van der Waals surface area contributed by atoms with E-state index in [1.54, 1.807) is 11.3 Å². The fourth-order valence-corrected chi connectivity index (χ4v) is 3.70. The smallest absolute Gasteiger partial charge is 0.165 e. The lowest BCUT2D eigenvalue weighted by atomic mass is 10.2. The fourth-order valence-electron chi connectivity index (χ4n) is 3.01. The van der Waals surface area contributed by atoms with Crippen LogP contribution in [-0.4, -0.2) is 51.3 Å². The summed E-state index contributed by atoms with van der Waals surface area (Å²) in [5, 5.41) is 14.3. The number of hydrogen-bond donors (Lipinski definition) is 0. The van der Waals surface area contributed by atoms with Crippen molar-refractivity contribution in [3.63, 3.8) is 0 Å². The van der Waals surface area contributed by atoms with Gasteiger partial charge in [0.15, 0.2) is 5.82 Å². The van der Waals surface area contributed by atoms with Gasteiger partial charge >= 0.3 is 0 Å². The summed E-state index contributed by atoms with van der Waals surface area (Å²) in [5.41, 5.74) is 1.31. The zero-order valence-corrected chi connectivity index (χ0v) is 14.3. The number of para-hydroxylation sites is 1. The first-order valence-electron chi connectivity index (χ1n) is 8.18. The molecule has 6 nitrogen and oxygen atoms in total. The van der Waals surface area contributed by atoms with E-state index >= 15 is 0 Å². The van der Waals surface area contributed by atoms with Gasteiger partial charge in [-0.25, -0.2) is 4.68 Å². The summed E-state index contributed by atoms with van der Waals surface area (Å²) in [4.78, 5) is 6.14. The van der Waals surface area contributed by atoms with Crippen molar-refractivity contribution in [2.45, 2.75) is 13.1 Å². The summed E-state index contributed by atoms with van der Waals surface area (Å²) in [6, 6.07) is 14.8. The second kappa shape index (κ2) is 7.11. The molecule has 4 rings (SSSR count). The molecular formula is C17H20N6S. The molecular weight excluding hydrogens is 320 g/mol. The van der Waals surface area contributed by atoms with Crippen molar-refractivity contribution in [2.75, 3.05) is 31.1 Å². The van der Waals surface area contributed by atoms with E-state index in [0.717, 1.165) is 45.1 Å². The van der Waals surface area contributed by atoms with Crippen LogP contribution in [0.3, 0.4) is 0 Å². The number of thiophene rings is 1. The largest absolute Gasteiger partial charge is 0.369 e. The predicted molar refractivity (Wildman–Crippen MR) is 95.2 cm³/mol. The molecule has 24 heavy (non-hydrogen) atoms. The van der Waals surface area contributed by atoms with E-state index in [2.05, 4.69) is 73.2 Å². The molecule has 0 atom stereocenters. The maximum absolute atomic E-state index is 4.22. The molecule has 1 aromatic carbocycles. The van der Waals surface area contributed by atoms with Crippen molar-refractivity contribution < 1.29 is 0 Å². The molecule has 0 aliphatic carbocycles. The van der Waals surface area contributed by atoms with Crippen LogP contribution in [0.15, 0.2) is 47.8 Å². The summed E-state index contributed by atoms with van der Waals surface area (Å²) in [7, 11) is 0. The van der Waals surface area contributed by atoms with Gasteiger partial charge in [0.05, 0.1) is 13.1 Å². The van der Waals surface area contributed by atoms with Crippen molar-refractivity contribution >= 4 is 17.0 Å². The second-order valence-corrected chi connectivity index (χ2v) is 6.96. The van der Waals surface area contributed by atoms with Crippen LogP contribution in [0, 0.1) is 0 Å². The molecule has 124 valence electrons. The third-order valence-corrected chi connectivity index (χ3v) is 5.21. The molecule has 0 amide bonds. The van der Waals surface area contributed by atoms with Crippen molar-refractivity contribution in [3.8, 4) is 0 Å². The Morgan fingerprint density at radius 1 is 0.917 bits per heavy atom. The first-order chi connectivity index (χ1) is 11.9. The van der Waals surface area contributed by atoms with Crippen molar-refractivity contribution in [1.29, 1.82) is 0 Å². The lowest BCUT2D eigenvalue weighted by Crippen LogP contribution is -2.46. The number of hydrogen-bond acceptors (Lipinski definition) is 6. The van der Waals surface area contributed by atoms with Crippen LogP contribution in [0.4, 0.5) is 5.69 Å². The van der Waals surface area contributed by atoms with Crippen molar-refractivity contribution in [3.05, 3.63) is 58.5 Å². The fraction of sp³-hybridized carbons (Fsp3) is 0.353. The monoisotopic (exact) mass is 340 g/mol. The van der Waals surface area contributed by atoms with Gasteiger partial charge in [0.25, 0.3) is 0 Å². The Kier molecular flexibility index (Phi) is 4.53. The second-order valence-electron chi connectivity index (χ2n) is 5.93. The van der Waals surface area contributed by atoms with Gasteiger partial charge < -0.3 is 4.90 Å². The van der Waals surface area contributed by atoms with Gasteiger partial charge in [-0.2, -0.15) is 0 Å². The van der Waals surface area contributed by atoms with Gasteiger partial charge in [-0.3, -0.25) is 4.90 Å². The molecule has 7 heteroatoms. The summed E-state index contributed by atoms with van der Waals surface area (Å²) in [6.45, 7) is 5.69. The van der Waals surface area contributed by atoms with E-state index in [-0.39, 0.29) is 0 Å². The summed E-state index contributed by atoms with van der Waals surface area (Å²) in [5.74, 6) is 0.941. The maximum Gasteiger partial charge on any atom is 0.165 e. The zero-order chi connectivity index (χ0) is 16.2. The third-order valence-electron chi connectivity index (χ3n) is 4.35. The minimum absolute atomic E-state index is 0.754. The van der Waals surface area contributed by atoms with E-state index in [1.807, 2.05) is 4.68 Å². The van der Waals surface area contributed by atoms with E-state index < -0.39 is 0 Å². The number of tetrazole rings is 1. The van der Waals surface area contributed by atoms with Crippen molar-refractivity contribution in [2.24, 2.45) is 0 Å². The van der Waals surface area contributed by atoms with Crippen LogP contribution >= 0.6 is 11.3 Å². The third kappa shape index (κ3) is 3.47. The molecule has 1 aliphatic rings. The van der Waals surface area contributed by atoms with Gasteiger partial charge in [-0.1, -0.05) is 24.3 Å². The minimum Gasteiger partial charge on any atom is -0.369 e. The normalized spacial score (nSPS) is 15.8. The molecule has 2 aromatic heterocycles. The molecule has 0 spiro atoms. The Bertz CT molecular complexity index is 747. The van der Waals surface area contributed by atoms with E-state index in [9.17, 15) is 0 Å². The molecule has 1 fully saturated rings. The maximum atomic E-state index is 4.22. The Balaban J connectivity index is 1.35. The minimum atomic E-state index is 0.754. The summed E-state index contributed by atoms with van der Waals surface area (Å²) < 4.78 is 1.91. The molecule has 0 bridgehead atoms. The quantitative estimate of drug-likeness (QED) is 0.712. The van der Waals surface area contributed by atoms with Crippen LogP contribution < -0.4 is 4.90 Å². The van der Waals surface area contributed by atoms with E-state index in [1.165, 1.54) is 10.6 Å². The van der Waals surface area contributed by atoms with Gasteiger partial charge in [0.2, 0.25) is 0 Å². The Labute approximate surface area is 145 Å². The lowest BCUT2D eigenvalue weighted by molar-refractivity contribution is 0.240. The lowest BCUT2D eigenvalue weighted by Gasteiger charge is -2.35. The number of aromatic nitrogens is 4. The highest BCUT2D eigenvalue weighted by molar-refractivity contribution is 7.09. The molecule has 3 aromatic rings. The van der Waals surface area contributed by atoms with Crippen LogP contribution in [0.25, 0.3) is 0 Å². The number of rotatable bonds is 5. The van der Waals surface area contributed by atoms with Crippen LogP contribution in [0.2, 0.25) is 0 Å². The van der Waals surface area contributed by atoms with Crippen LogP contribution in [0.1, 0.15) is 10.7 Å². The van der Waals surface area contributed by atoms with Crippen molar-refractivity contribution in [1.82, 2.24) is 25.1 Å². The number of nitrogens with zero attached hydrogens (tertiary/aromatic N) is 6. The first-order valence-corrected chi connectivity index (χ1v) is 9.06. The van der Waals surface area contributed by atoms with Crippen LogP contribution in [0.5, 0.6) is 0 Å². The highest BCUT2D eigenvalue weighted by Gasteiger charge is 2.19. The highest BCUT2D eigenvalue weighted by Crippen LogP contribution is 2.17. The topological polar surface area (TPSA) is 50.1 Å². The Hall–Kier alpha value is -2.25. The number of piperazine rings is 1. The average molecular weight is 340 g/mol. The Morgan fingerprint density at radius 2 is 1.75 bits per heavy atom. The predicted octanol–water partition coefficient (Wildman–Crippen LogP) is 2.11. The number of anilines is 1. The summed E-state index contributed by atoms with van der Waals surface area (Å²) >= 11 is 1.74. The molecule has 0 unspecified atom stereocenters. The Morgan fingerprint density at radius 3 is 2.50 bits per heavy atom. The SMILES string of the molecule is c1ccc(N2CCN(Cc3nnnn3Cc3cccs3)CC2)cc1. The van der Waals surface area contributed by atoms with Gasteiger partial charge in [-0.05, 0) is 34.0 Å². The summed E-state index contributed by atoms with van der Waals surface area (Å²) in [6.07, 6.45) is 0. The molecule has 0 radical (unpaired) electrons. The molecule has 0 saturated carbocycles. The average Bonchev–Trinajstić information content (AvgIpc) is 3.29. The first kappa shape index (κ1) is 15.3. The van der Waals surface area contributed by atoms with Gasteiger partial charge in [0, 0.05) is 36.7 Å². The van der Waals surface area contributed by atoms with Crippen LogP contribution in [-0.2, 0) is 13.1 Å². The van der Waals surface area contributed by atoms with E-state index in [0.29, 0.717) is 0 Å². The zero-order valence-electron chi connectivity index (χ0n) is 13.5. The molecule has 3 heterocycles. The van der Waals surface area contributed by atoms with Gasteiger partial charge in [-0.15, -0.1) is 16.4 Å².